The first-order valence-electron chi connectivity index (χ1n) is 9.64. The summed E-state index contributed by atoms with van der Waals surface area (Å²) in [4.78, 5) is 31.5. The van der Waals surface area contributed by atoms with E-state index in [0.29, 0.717) is 31.9 Å². The van der Waals surface area contributed by atoms with E-state index in [2.05, 4.69) is 9.80 Å². The van der Waals surface area contributed by atoms with Gasteiger partial charge in [0, 0.05) is 38.4 Å². The summed E-state index contributed by atoms with van der Waals surface area (Å²) < 4.78 is 5.43. The zero-order valence-electron chi connectivity index (χ0n) is 15.8. The molecule has 7 heteroatoms. The highest BCUT2D eigenvalue weighted by Gasteiger charge is 2.55. The highest BCUT2D eigenvalue weighted by molar-refractivity contribution is 6.00. The van der Waals surface area contributed by atoms with E-state index < -0.39 is 11.4 Å². The molecule has 0 aromatic heterocycles. The Kier molecular flexibility index (Phi) is 4.82. The number of amides is 1. The van der Waals surface area contributed by atoms with E-state index in [-0.39, 0.29) is 18.4 Å². The van der Waals surface area contributed by atoms with Crippen molar-refractivity contribution < 1.29 is 19.4 Å². The van der Waals surface area contributed by atoms with Gasteiger partial charge >= 0.3 is 5.97 Å². The van der Waals surface area contributed by atoms with Gasteiger partial charge in [0.2, 0.25) is 0 Å². The molecule has 4 rings (SSSR count). The van der Waals surface area contributed by atoms with Crippen molar-refractivity contribution in [2.24, 2.45) is 11.3 Å². The van der Waals surface area contributed by atoms with Crippen LogP contribution in [0.25, 0.3) is 0 Å². The largest absolute Gasteiger partial charge is 0.481 e. The van der Waals surface area contributed by atoms with Crippen molar-refractivity contribution in [1.29, 1.82) is 0 Å². The van der Waals surface area contributed by atoms with Crippen molar-refractivity contribution in [2.45, 2.75) is 6.42 Å². The molecule has 146 valence electrons. The Bertz CT molecular complexity index is 734. The minimum absolute atomic E-state index is 0.0192. The van der Waals surface area contributed by atoms with Crippen LogP contribution in [-0.4, -0.2) is 86.3 Å². The summed E-state index contributed by atoms with van der Waals surface area (Å²) >= 11 is 0. The van der Waals surface area contributed by atoms with Crippen molar-refractivity contribution in [3.8, 4) is 0 Å². The van der Waals surface area contributed by atoms with Crippen LogP contribution >= 0.6 is 0 Å². The van der Waals surface area contributed by atoms with E-state index in [1.54, 1.807) is 4.90 Å². The fraction of sp³-hybridized carbons (Fsp3) is 0.600. The third kappa shape index (κ3) is 3.19. The van der Waals surface area contributed by atoms with Crippen molar-refractivity contribution in [3.63, 3.8) is 0 Å². The van der Waals surface area contributed by atoms with Gasteiger partial charge in [-0.15, -0.1) is 0 Å². The van der Waals surface area contributed by atoms with E-state index in [1.807, 2.05) is 31.3 Å². The molecule has 27 heavy (non-hydrogen) atoms. The van der Waals surface area contributed by atoms with Crippen LogP contribution in [0.3, 0.4) is 0 Å². The first kappa shape index (κ1) is 18.3. The molecule has 2 atom stereocenters. The molecule has 1 aromatic carbocycles. The molecule has 1 N–H and O–H groups in total. The number of carbonyl (C=O) groups is 2. The van der Waals surface area contributed by atoms with Crippen LogP contribution in [-0.2, 0) is 9.53 Å². The summed E-state index contributed by atoms with van der Waals surface area (Å²) in [6.45, 7) is 5.02. The lowest BCUT2D eigenvalue weighted by Gasteiger charge is -2.39. The fourth-order valence-electron chi connectivity index (χ4n) is 4.83. The zero-order chi connectivity index (χ0) is 19.0. The van der Waals surface area contributed by atoms with Gasteiger partial charge in [0.05, 0.1) is 18.8 Å². The van der Waals surface area contributed by atoms with E-state index in [0.717, 1.165) is 31.7 Å². The second kappa shape index (κ2) is 7.13. The number of morpholine rings is 1. The molecule has 0 bridgehead atoms. The molecule has 3 aliphatic rings. The highest BCUT2D eigenvalue weighted by atomic mass is 16.5. The fourth-order valence-corrected chi connectivity index (χ4v) is 4.83. The lowest BCUT2D eigenvalue weighted by Crippen LogP contribution is -2.52. The molecule has 3 aliphatic heterocycles. The van der Waals surface area contributed by atoms with E-state index in [1.165, 1.54) is 0 Å². The third-order valence-electron chi connectivity index (χ3n) is 6.31. The third-order valence-corrected chi connectivity index (χ3v) is 6.31. The predicted molar refractivity (Wildman–Crippen MR) is 101 cm³/mol. The molecular formula is C20H27N3O4. The number of fused-ring (bicyclic) bond motifs is 1. The molecule has 0 saturated carbocycles. The lowest BCUT2D eigenvalue weighted by atomic mass is 9.73. The summed E-state index contributed by atoms with van der Waals surface area (Å²) in [7, 11) is 1.96. The molecule has 0 spiro atoms. The maximum Gasteiger partial charge on any atom is 0.313 e. The number of carbonyl (C=O) groups excluding carboxylic acids is 1. The summed E-state index contributed by atoms with van der Waals surface area (Å²) in [5.41, 5.74) is 0.727. The molecule has 7 nitrogen and oxygen atoms in total. The maximum atomic E-state index is 13.4. The van der Waals surface area contributed by atoms with Gasteiger partial charge in [0.1, 0.15) is 5.41 Å². The lowest BCUT2D eigenvalue weighted by molar-refractivity contribution is -0.153. The first-order valence-corrected chi connectivity index (χ1v) is 9.64. The minimum Gasteiger partial charge on any atom is -0.481 e. The molecule has 0 aliphatic carbocycles. The normalized spacial score (nSPS) is 28.9. The molecule has 0 radical (unpaired) electrons. The Morgan fingerprint density at radius 2 is 1.89 bits per heavy atom. The number of hydrogen-bond donors (Lipinski definition) is 1. The van der Waals surface area contributed by atoms with Gasteiger partial charge in [-0.05, 0) is 38.1 Å². The summed E-state index contributed by atoms with van der Waals surface area (Å²) in [5.74, 6) is -0.823. The van der Waals surface area contributed by atoms with Gasteiger partial charge in [0.25, 0.3) is 5.91 Å². The monoisotopic (exact) mass is 373 g/mol. The SMILES string of the molecule is CN1CC[C@H]2CN(C(=O)c3ccccc3N3CCOCC3)C[C@@]2(C(=O)O)C1. The number of para-hydroxylation sites is 1. The maximum absolute atomic E-state index is 13.4. The molecule has 3 saturated heterocycles. The predicted octanol–water partition coefficient (Wildman–Crippen LogP) is 1.00. The van der Waals surface area contributed by atoms with Crippen LogP contribution in [0.5, 0.6) is 0 Å². The molecule has 1 amide bonds. The van der Waals surface area contributed by atoms with E-state index in [4.69, 9.17) is 4.74 Å². The second-order valence-electron chi connectivity index (χ2n) is 7.99. The number of ether oxygens (including phenoxy) is 1. The molecule has 3 heterocycles. The highest BCUT2D eigenvalue weighted by Crippen LogP contribution is 2.43. The van der Waals surface area contributed by atoms with Gasteiger partial charge < -0.3 is 24.5 Å². The number of carboxylic acid groups (broad SMARTS) is 1. The van der Waals surface area contributed by atoms with Crippen LogP contribution in [0, 0.1) is 11.3 Å². The standard InChI is InChI=1S/C20H27N3O4/c1-21-7-6-15-12-23(14-20(15,13-21)19(25)26)18(24)16-4-2-3-5-17(16)22-8-10-27-11-9-22/h2-5,15H,6-14H2,1H3,(H,25,26)/t15-,20-/m0/s1. The number of piperidine rings is 1. The zero-order valence-corrected chi connectivity index (χ0v) is 15.8. The number of rotatable bonds is 3. The Labute approximate surface area is 159 Å². The number of anilines is 1. The first-order chi connectivity index (χ1) is 13.0. The second-order valence-corrected chi connectivity index (χ2v) is 7.99. The van der Waals surface area contributed by atoms with Crippen LogP contribution in [0.1, 0.15) is 16.8 Å². The van der Waals surface area contributed by atoms with Gasteiger partial charge in [-0.1, -0.05) is 12.1 Å². The summed E-state index contributed by atoms with van der Waals surface area (Å²) in [5, 5.41) is 9.96. The summed E-state index contributed by atoms with van der Waals surface area (Å²) in [6, 6.07) is 7.65. The molecule has 3 fully saturated rings. The number of aliphatic carboxylic acids is 1. The topological polar surface area (TPSA) is 73.3 Å². The van der Waals surface area contributed by atoms with Gasteiger partial charge in [-0.3, -0.25) is 9.59 Å². The van der Waals surface area contributed by atoms with Crippen LogP contribution < -0.4 is 4.90 Å². The van der Waals surface area contributed by atoms with Crippen molar-refractivity contribution in [3.05, 3.63) is 29.8 Å². The van der Waals surface area contributed by atoms with Crippen LogP contribution in [0.15, 0.2) is 24.3 Å². The van der Waals surface area contributed by atoms with Gasteiger partial charge in [-0.2, -0.15) is 0 Å². The Morgan fingerprint density at radius 1 is 1.15 bits per heavy atom. The molecular weight excluding hydrogens is 346 g/mol. The quantitative estimate of drug-likeness (QED) is 0.852. The van der Waals surface area contributed by atoms with Crippen molar-refractivity contribution in [1.82, 2.24) is 9.80 Å². The average Bonchev–Trinajstić information content (AvgIpc) is 3.08. The number of nitrogens with zero attached hydrogens (tertiary/aromatic N) is 3. The number of benzene rings is 1. The van der Waals surface area contributed by atoms with Crippen LogP contribution in [0.4, 0.5) is 5.69 Å². The molecule has 1 aromatic rings. The Balaban J connectivity index is 1.60. The van der Waals surface area contributed by atoms with Crippen LogP contribution in [0.2, 0.25) is 0 Å². The molecule has 0 unspecified atom stereocenters. The van der Waals surface area contributed by atoms with Gasteiger partial charge in [0.15, 0.2) is 0 Å². The minimum atomic E-state index is -0.851. The number of carboxylic acids is 1. The number of likely N-dealkylation sites (tertiary alicyclic amines) is 2. The van der Waals surface area contributed by atoms with Crippen molar-refractivity contribution in [2.75, 3.05) is 64.4 Å². The smallest absolute Gasteiger partial charge is 0.313 e. The number of hydrogen-bond acceptors (Lipinski definition) is 5. The van der Waals surface area contributed by atoms with Crippen molar-refractivity contribution >= 4 is 17.6 Å². The Morgan fingerprint density at radius 3 is 2.63 bits per heavy atom. The van der Waals surface area contributed by atoms with Gasteiger partial charge in [-0.25, -0.2) is 0 Å². The average molecular weight is 373 g/mol. The Hall–Kier alpha value is -2.12. The summed E-state index contributed by atoms with van der Waals surface area (Å²) in [6.07, 6.45) is 0.817. The van der Waals surface area contributed by atoms with E-state index >= 15 is 0 Å². The van der Waals surface area contributed by atoms with E-state index in [9.17, 15) is 14.7 Å².